The molecule has 0 saturated carbocycles. The molecule has 0 aliphatic heterocycles. The molecule has 0 radical (unpaired) electrons. The van der Waals surface area contributed by atoms with Crippen molar-refractivity contribution in [3.05, 3.63) is 29.3 Å². The Balaban J connectivity index is 2.84. The van der Waals surface area contributed by atoms with Crippen LogP contribution >= 0.6 is 0 Å². The number of aryl methyl sites for hydroxylation is 2. The minimum absolute atomic E-state index is 0.000690. The molecule has 16 heavy (non-hydrogen) atoms. The Morgan fingerprint density at radius 1 is 1.31 bits per heavy atom. The second-order valence-electron chi connectivity index (χ2n) is 4.69. The van der Waals surface area contributed by atoms with Crippen LogP contribution < -0.4 is 5.73 Å². The van der Waals surface area contributed by atoms with E-state index in [1.165, 1.54) is 0 Å². The maximum atomic E-state index is 12.2. The van der Waals surface area contributed by atoms with E-state index >= 15 is 0 Å². The number of nitrogens with two attached hydrogens (primary N) is 1. The molecule has 0 amide bonds. The molecule has 0 saturated heterocycles. The summed E-state index contributed by atoms with van der Waals surface area (Å²) in [5.74, 6) is 0.913. The fourth-order valence-corrected chi connectivity index (χ4v) is 3.07. The van der Waals surface area contributed by atoms with E-state index < -0.39 is 10.8 Å². The van der Waals surface area contributed by atoms with Crippen LogP contribution in [0, 0.1) is 19.8 Å². The molecule has 3 heteroatoms. The molecule has 0 fully saturated rings. The molecule has 0 bridgehead atoms. The van der Waals surface area contributed by atoms with Gasteiger partial charge in [-0.3, -0.25) is 4.21 Å². The molecule has 0 aliphatic carbocycles. The molecule has 1 rings (SSSR count). The van der Waals surface area contributed by atoms with Crippen LogP contribution in [0.1, 0.15) is 25.0 Å². The summed E-state index contributed by atoms with van der Waals surface area (Å²) in [6, 6.07) is 6.06. The topological polar surface area (TPSA) is 43.1 Å². The van der Waals surface area contributed by atoms with E-state index in [0.29, 0.717) is 11.7 Å². The van der Waals surface area contributed by atoms with Gasteiger partial charge in [-0.2, -0.15) is 0 Å². The maximum Gasteiger partial charge on any atom is 0.0548 e. The lowest BCUT2D eigenvalue weighted by Crippen LogP contribution is -2.32. The fraction of sp³-hybridized carbons (Fsp3) is 0.538. The Kier molecular flexibility index (Phi) is 4.69. The van der Waals surface area contributed by atoms with Crippen molar-refractivity contribution in [1.82, 2.24) is 0 Å². The van der Waals surface area contributed by atoms with Gasteiger partial charge in [-0.15, -0.1) is 0 Å². The van der Waals surface area contributed by atoms with E-state index in [9.17, 15) is 4.21 Å². The minimum atomic E-state index is -0.981. The van der Waals surface area contributed by atoms with Gasteiger partial charge in [0.05, 0.1) is 10.8 Å². The average molecular weight is 239 g/mol. The third-order valence-corrected chi connectivity index (χ3v) is 4.41. The maximum absolute atomic E-state index is 12.2. The predicted octanol–water partition coefficient (Wildman–Crippen LogP) is 2.39. The first-order valence-electron chi connectivity index (χ1n) is 5.63. The molecule has 2 N–H and O–H groups in total. The highest BCUT2D eigenvalue weighted by atomic mass is 32.2. The zero-order chi connectivity index (χ0) is 12.3. The lowest BCUT2D eigenvalue weighted by atomic mass is 10.1. The van der Waals surface area contributed by atoms with Gasteiger partial charge in [0.15, 0.2) is 0 Å². The number of rotatable bonds is 4. The fourth-order valence-electron chi connectivity index (χ4n) is 1.41. The first-order chi connectivity index (χ1) is 7.41. The highest BCUT2D eigenvalue weighted by Gasteiger charge is 2.14. The van der Waals surface area contributed by atoms with Crippen molar-refractivity contribution in [2.24, 2.45) is 11.7 Å². The molecule has 2 unspecified atom stereocenters. The van der Waals surface area contributed by atoms with Gasteiger partial charge in [-0.05, 0) is 37.0 Å². The van der Waals surface area contributed by atoms with Crippen molar-refractivity contribution in [2.75, 3.05) is 5.75 Å². The van der Waals surface area contributed by atoms with Gasteiger partial charge in [0.25, 0.3) is 0 Å². The third-order valence-electron chi connectivity index (χ3n) is 2.79. The summed E-state index contributed by atoms with van der Waals surface area (Å²) in [5.41, 5.74) is 8.18. The summed E-state index contributed by atoms with van der Waals surface area (Å²) in [7, 11) is -0.981. The quantitative estimate of drug-likeness (QED) is 0.876. The third kappa shape index (κ3) is 3.42. The zero-order valence-electron chi connectivity index (χ0n) is 10.5. The number of hydrogen-bond donors (Lipinski definition) is 1. The van der Waals surface area contributed by atoms with Crippen molar-refractivity contribution in [3.8, 4) is 0 Å². The first kappa shape index (κ1) is 13.4. The SMILES string of the molecule is Cc1ccc(C)c(S(=O)CC(N)C(C)C)c1. The average Bonchev–Trinajstić information content (AvgIpc) is 2.21. The summed E-state index contributed by atoms with van der Waals surface area (Å²) >= 11 is 0. The summed E-state index contributed by atoms with van der Waals surface area (Å²) in [5, 5.41) is 0. The summed E-state index contributed by atoms with van der Waals surface area (Å²) in [6.07, 6.45) is 0. The van der Waals surface area contributed by atoms with Crippen LogP contribution in [0.15, 0.2) is 23.1 Å². The van der Waals surface area contributed by atoms with Crippen LogP contribution in [-0.2, 0) is 10.8 Å². The lowest BCUT2D eigenvalue weighted by Gasteiger charge is -2.16. The molecule has 90 valence electrons. The second kappa shape index (κ2) is 5.60. The van der Waals surface area contributed by atoms with Crippen LogP contribution in [0.3, 0.4) is 0 Å². The van der Waals surface area contributed by atoms with Crippen molar-refractivity contribution >= 4 is 10.8 Å². The van der Waals surface area contributed by atoms with E-state index in [4.69, 9.17) is 5.73 Å². The number of hydrogen-bond acceptors (Lipinski definition) is 2. The van der Waals surface area contributed by atoms with Crippen LogP contribution in [0.25, 0.3) is 0 Å². The Morgan fingerprint density at radius 3 is 2.50 bits per heavy atom. The van der Waals surface area contributed by atoms with Gasteiger partial charge >= 0.3 is 0 Å². The Hall–Kier alpha value is -0.670. The van der Waals surface area contributed by atoms with Gasteiger partial charge in [0, 0.05) is 16.7 Å². The normalized spacial score (nSPS) is 15.1. The van der Waals surface area contributed by atoms with Crippen molar-refractivity contribution in [2.45, 2.75) is 38.6 Å². The van der Waals surface area contributed by atoms with Crippen molar-refractivity contribution in [3.63, 3.8) is 0 Å². The Morgan fingerprint density at radius 2 is 1.94 bits per heavy atom. The molecule has 1 aromatic carbocycles. The van der Waals surface area contributed by atoms with Gasteiger partial charge in [0.2, 0.25) is 0 Å². The second-order valence-corrected chi connectivity index (χ2v) is 6.15. The predicted molar refractivity (Wildman–Crippen MR) is 70.0 cm³/mol. The molecule has 2 nitrogen and oxygen atoms in total. The highest BCUT2D eigenvalue weighted by Crippen LogP contribution is 2.16. The van der Waals surface area contributed by atoms with Gasteiger partial charge in [-0.25, -0.2) is 0 Å². The van der Waals surface area contributed by atoms with Crippen molar-refractivity contribution < 1.29 is 4.21 Å². The van der Waals surface area contributed by atoms with E-state index in [-0.39, 0.29) is 6.04 Å². The molecular formula is C13H21NOS. The van der Waals surface area contributed by atoms with E-state index in [1.54, 1.807) is 0 Å². The van der Waals surface area contributed by atoms with Crippen LogP contribution in [0.4, 0.5) is 0 Å². The molecule has 0 heterocycles. The molecule has 0 aliphatic rings. The largest absolute Gasteiger partial charge is 0.327 e. The summed E-state index contributed by atoms with van der Waals surface area (Å²) in [6.45, 7) is 8.13. The summed E-state index contributed by atoms with van der Waals surface area (Å²) in [4.78, 5) is 0.927. The van der Waals surface area contributed by atoms with Crippen molar-refractivity contribution in [1.29, 1.82) is 0 Å². The van der Waals surface area contributed by atoms with E-state index in [1.807, 2.05) is 32.0 Å². The molecule has 0 aromatic heterocycles. The van der Waals surface area contributed by atoms with Crippen LogP contribution in [-0.4, -0.2) is 16.0 Å². The van der Waals surface area contributed by atoms with Gasteiger partial charge in [-0.1, -0.05) is 26.0 Å². The molecule has 0 spiro atoms. The van der Waals surface area contributed by atoms with E-state index in [0.717, 1.165) is 16.0 Å². The Labute approximate surface area is 101 Å². The minimum Gasteiger partial charge on any atom is -0.327 e. The lowest BCUT2D eigenvalue weighted by molar-refractivity contribution is 0.530. The summed E-state index contributed by atoms with van der Waals surface area (Å²) < 4.78 is 12.2. The smallest absolute Gasteiger partial charge is 0.0548 e. The first-order valence-corrected chi connectivity index (χ1v) is 6.95. The Bertz CT molecular complexity index is 388. The van der Waals surface area contributed by atoms with Gasteiger partial charge < -0.3 is 5.73 Å². The number of benzene rings is 1. The highest BCUT2D eigenvalue weighted by molar-refractivity contribution is 7.85. The zero-order valence-corrected chi connectivity index (χ0v) is 11.3. The standard InChI is InChI=1S/C13H21NOS/c1-9(2)12(14)8-16(15)13-7-10(3)5-6-11(13)4/h5-7,9,12H,8,14H2,1-4H3. The van der Waals surface area contributed by atoms with Gasteiger partial charge in [0.1, 0.15) is 0 Å². The molecule has 2 atom stereocenters. The van der Waals surface area contributed by atoms with E-state index in [2.05, 4.69) is 13.8 Å². The van der Waals surface area contributed by atoms with Crippen LogP contribution in [0.2, 0.25) is 0 Å². The monoisotopic (exact) mass is 239 g/mol. The molecular weight excluding hydrogens is 218 g/mol. The van der Waals surface area contributed by atoms with Crippen LogP contribution in [0.5, 0.6) is 0 Å². The molecule has 1 aromatic rings.